The van der Waals surface area contributed by atoms with Crippen molar-refractivity contribution in [2.45, 2.75) is 4.90 Å². The van der Waals surface area contributed by atoms with Gasteiger partial charge >= 0.3 is 0 Å². The van der Waals surface area contributed by atoms with Crippen LogP contribution in [0.15, 0.2) is 22.4 Å². The van der Waals surface area contributed by atoms with Crippen LogP contribution < -0.4 is 4.74 Å². The summed E-state index contributed by atoms with van der Waals surface area (Å²) in [5.41, 5.74) is 0. The van der Waals surface area contributed by atoms with Gasteiger partial charge < -0.3 is 4.74 Å². The topological polar surface area (TPSA) is 9.23 Å². The van der Waals surface area contributed by atoms with Crippen LogP contribution >= 0.6 is 35.6 Å². The van der Waals surface area contributed by atoms with E-state index in [2.05, 4.69) is 12.6 Å². The Balaban J connectivity index is 2.85. The van der Waals surface area contributed by atoms with Crippen molar-refractivity contribution in [2.24, 2.45) is 0 Å². The molecular formula is C9H7ClOS2. The second-order valence-electron chi connectivity index (χ2n) is 2.57. The molecule has 0 N–H and O–H groups in total. The monoisotopic (exact) mass is 230 g/mol. The van der Waals surface area contributed by atoms with Crippen molar-refractivity contribution in [3.05, 3.63) is 22.5 Å². The molecule has 0 spiro atoms. The fourth-order valence-corrected chi connectivity index (χ4v) is 2.66. The van der Waals surface area contributed by atoms with Crippen LogP contribution in [0.4, 0.5) is 0 Å². The molecule has 0 aliphatic carbocycles. The second kappa shape index (κ2) is 3.40. The van der Waals surface area contributed by atoms with Gasteiger partial charge in [-0.3, -0.25) is 0 Å². The summed E-state index contributed by atoms with van der Waals surface area (Å²) in [4.78, 5) is 0.789. The molecular weight excluding hydrogens is 224 g/mol. The van der Waals surface area contributed by atoms with Crippen LogP contribution in [0.25, 0.3) is 10.1 Å². The molecule has 4 heteroatoms. The zero-order valence-electron chi connectivity index (χ0n) is 6.87. The third-order valence-corrected chi connectivity index (χ3v) is 3.69. The number of rotatable bonds is 1. The lowest BCUT2D eigenvalue weighted by Gasteiger charge is -2.01. The van der Waals surface area contributed by atoms with Crippen LogP contribution in [-0.4, -0.2) is 7.11 Å². The maximum Gasteiger partial charge on any atom is 0.138 e. The number of ether oxygens (including phenoxy) is 1. The Hall–Kier alpha value is -0.380. The first-order chi connectivity index (χ1) is 6.24. The summed E-state index contributed by atoms with van der Waals surface area (Å²) in [5, 5.41) is 3.62. The van der Waals surface area contributed by atoms with E-state index in [0.29, 0.717) is 5.02 Å². The van der Waals surface area contributed by atoms with E-state index in [9.17, 15) is 0 Å². The summed E-state index contributed by atoms with van der Waals surface area (Å²) in [6.45, 7) is 0. The molecule has 2 rings (SSSR count). The number of thiol groups is 1. The average molecular weight is 231 g/mol. The quantitative estimate of drug-likeness (QED) is 0.733. The molecule has 0 radical (unpaired) electrons. The van der Waals surface area contributed by atoms with Gasteiger partial charge in [0, 0.05) is 20.4 Å². The molecule has 0 unspecified atom stereocenters. The lowest BCUT2D eigenvalue weighted by atomic mass is 10.2. The smallest absolute Gasteiger partial charge is 0.138 e. The molecule has 1 aromatic heterocycles. The van der Waals surface area contributed by atoms with Gasteiger partial charge in [0.05, 0.1) is 12.1 Å². The minimum absolute atomic E-state index is 0.660. The van der Waals surface area contributed by atoms with Gasteiger partial charge in [-0.05, 0) is 12.1 Å². The van der Waals surface area contributed by atoms with Crippen LogP contribution in [0.3, 0.4) is 0 Å². The molecule has 0 aliphatic heterocycles. The van der Waals surface area contributed by atoms with Gasteiger partial charge in [0.25, 0.3) is 0 Å². The standard InChI is InChI=1S/C9H7ClOS2/c1-11-6-4-13-7-3-2-5(10)9(12)8(6)7/h2-4,12H,1H3. The first-order valence-corrected chi connectivity index (χ1v) is 5.37. The van der Waals surface area contributed by atoms with Gasteiger partial charge in [-0.25, -0.2) is 0 Å². The van der Waals surface area contributed by atoms with E-state index in [4.69, 9.17) is 16.3 Å². The SMILES string of the molecule is COc1csc2ccc(Cl)c(S)c12. The normalized spacial score (nSPS) is 10.7. The number of fused-ring (bicyclic) bond motifs is 1. The van der Waals surface area contributed by atoms with Crippen molar-refractivity contribution in [1.82, 2.24) is 0 Å². The Kier molecular flexibility index (Phi) is 2.41. The first-order valence-electron chi connectivity index (χ1n) is 3.66. The van der Waals surface area contributed by atoms with Crippen molar-refractivity contribution >= 4 is 45.7 Å². The highest BCUT2D eigenvalue weighted by Gasteiger charge is 2.09. The van der Waals surface area contributed by atoms with Gasteiger partial charge in [-0.2, -0.15) is 0 Å². The molecule has 0 amide bonds. The lowest BCUT2D eigenvalue weighted by Crippen LogP contribution is -1.80. The zero-order valence-corrected chi connectivity index (χ0v) is 9.34. The van der Waals surface area contributed by atoms with Gasteiger partial charge in [-0.1, -0.05) is 11.6 Å². The maximum atomic E-state index is 5.95. The van der Waals surface area contributed by atoms with E-state index >= 15 is 0 Å². The highest BCUT2D eigenvalue weighted by molar-refractivity contribution is 7.80. The zero-order chi connectivity index (χ0) is 9.42. The number of halogens is 1. The Morgan fingerprint density at radius 1 is 1.46 bits per heavy atom. The van der Waals surface area contributed by atoms with Gasteiger partial charge in [0.15, 0.2) is 0 Å². The summed E-state index contributed by atoms with van der Waals surface area (Å²) in [6.07, 6.45) is 0. The van der Waals surface area contributed by atoms with Gasteiger partial charge in [0.1, 0.15) is 5.75 Å². The van der Waals surface area contributed by atoms with E-state index < -0.39 is 0 Å². The van der Waals surface area contributed by atoms with Crippen LogP contribution in [0.5, 0.6) is 5.75 Å². The minimum Gasteiger partial charge on any atom is -0.495 e. The van der Waals surface area contributed by atoms with E-state index in [0.717, 1.165) is 20.7 Å². The molecule has 0 bridgehead atoms. The molecule has 0 atom stereocenters. The number of hydrogen-bond acceptors (Lipinski definition) is 3. The van der Waals surface area contributed by atoms with Crippen molar-refractivity contribution < 1.29 is 4.74 Å². The number of thiophene rings is 1. The first kappa shape index (κ1) is 9.19. The fraction of sp³-hybridized carbons (Fsp3) is 0.111. The molecule has 1 nitrogen and oxygen atoms in total. The molecule has 1 aromatic carbocycles. The Labute approximate surface area is 90.7 Å². The van der Waals surface area contributed by atoms with Crippen molar-refractivity contribution in [3.8, 4) is 5.75 Å². The van der Waals surface area contributed by atoms with E-state index in [1.807, 2.05) is 17.5 Å². The van der Waals surface area contributed by atoms with Crippen LogP contribution in [0, 0.1) is 0 Å². The molecule has 2 aromatic rings. The summed E-state index contributed by atoms with van der Waals surface area (Å²) < 4.78 is 6.35. The van der Waals surface area contributed by atoms with E-state index in [1.54, 1.807) is 18.4 Å². The Morgan fingerprint density at radius 3 is 2.92 bits per heavy atom. The van der Waals surface area contributed by atoms with Crippen molar-refractivity contribution in [3.63, 3.8) is 0 Å². The molecule has 0 fully saturated rings. The van der Waals surface area contributed by atoms with Crippen LogP contribution in [-0.2, 0) is 0 Å². The number of hydrogen-bond donors (Lipinski definition) is 1. The van der Waals surface area contributed by atoms with E-state index in [1.165, 1.54) is 0 Å². The highest BCUT2D eigenvalue weighted by Crippen LogP contribution is 2.39. The Morgan fingerprint density at radius 2 is 2.23 bits per heavy atom. The third kappa shape index (κ3) is 1.41. The maximum absolute atomic E-state index is 5.95. The molecule has 68 valence electrons. The molecule has 0 saturated heterocycles. The summed E-state index contributed by atoms with van der Waals surface area (Å²) in [6, 6.07) is 3.83. The summed E-state index contributed by atoms with van der Waals surface area (Å²) in [7, 11) is 1.65. The lowest BCUT2D eigenvalue weighted by molar-refractivity contribution is 0.421. The predicted molar refractivity (Wildman–Crippen MR) is 60.6 cm³/mol. The van der Waals surface area contributed by atoms with Crippen molar-refractivity contribution in [2.75, 3.05) is 7.11 Å². The minimum atomic E-state index is 0.660. The largest absolute Gasteiger partial charge is 0.495 e. The van der Waals surface area contributed by atoms with Gasteiger partial charge in [-0.15, -0.1) is 24.0 Å². The molecule has 13 heavy (non-hydrogen) atoms. The summed E-state index contributed by atoms with van der Waals surface area (Å²) >= 11 is 11.9. The fourth-order valence-electron chi connectivity index (χ4n) is 1.21. The number of benzene rings is 1. The van der Waals surface area contributed by atoms with Gasteiger partial charge in [0.2, 0.25) is 0 Å². The van der Waals surface area contributed by atoms with Crippen LogP contribution in [0.2, 0.25) is 5.02 Å². The Bertz CT molecular complexity index is 450. The molecule has 0 aliphatic rings. The number of methoxy groups -OCH3 is 1. The average Bonchev–Trinajstić information content (AvgIpc) is 2.55. The van der Waals surface area contributed by atoms with Crippen molar-refractivity contribution in [1.29, 1.82) is 0 Å². The highest BCUT2D eigenvalue weighted by atomic mass is 35.5. The van der Waals surface area contributed by atoms with Crippen LogP contribution in [0.1, 0.15) is 0 Å². The second-order valence-corrected chi connectivity index (χ2v) is 4.34. The molecule has 0 saturated carbocycles. The van der Waals surface area contributed by atoms with E-state index in [-0.39, 0.29) is 0 Å². The molecule has 1 heterocycles. The third-order valence-electron chi connectivity index (χ3n) is 1.85. The predicted octanol–water partition coefficient (Wildman–Crippen LogP) is 3.85. The summed E-state index contributed by atoms with van der Waals surface area (Å²) in [5.74, 6) is 0.840.